The van der Waals surface area contributed by atoms with E-state index >= 15 is 0 Å². The topological polar surface area (TPSA) is 64.9 Å². The Morgan fingerprint density at radius 1 is 0.935 bits per heavy atom. The Bertz CT molecular complexity index is 1080. The Balaban J connectivity index is 1.37. The normalized spacial score (nSPS) is 10.9. The molecule has 6 nitrogen and oxygen atoms in total. The van der Waals surface area contributed by atoms with E-state index in [1.807, 2.05) is 36.4 Å². The van der Waals surface area contributed by atoms with Crippen LogP contribution in [0, 0.1) is 6.92 Å². The van der Waals surface area contributed by atoms with Crippen molar-refractivity contribution in [2.75, 3.05) is 13.2 Å². The number of ether oxygens (including phenoxy) is 1. The maximum absolute atomic E-state index is 5.65. The quantitative estimate of drug-likeness (QED) is 0.394. The summed E-state index contributed by atoms with van der Waals surface area (Å²) in [6.45, 7) is 4.85. The fourth-order valence-corrected chi connectivity index (χ4v) is 3.38. The number of benzene rings is 2. The van der Waals surface area contributed by atoms with Crippen LogP contribution in [0.4, 0.5) is 0 Å². The molecule has 0 atom stereocenters. The first-order chi connectivity index (χ1) is 15.3. The summed E-state index contributed by atoms with van der Waals surface area (Å²) in [4.78, 5) is 5.96. The van der Waals surface area contributed by atoms with E-state index in [4.69, 9.17) is 14.9 Å². The number of hydrogen-bond acceptors (Lipinski definition) is 5. The van der Waals surface area contributed by atoms with Crippen LogP contribution in [0.15, 0.2) is 79.0 Å². The van der Waals surface area contributed by atoms with Gasteiger partial charge in [-0.05, 0) is 31.5 Å². The molecule has 2 aromatic carbocycles. The Kier molecular flexibility index (Phi) is 7.03. The van der Waals surface area contributed by atoms with E-state index in [-0.39, 0.29) is 0 Å². The first kappa shape index (κ1) is 20.8. The maximum atomic E-state index is 5.65. The lowest BCUT2D eigenvalue weighted by Gasteiger charge is -2.06. The number of pyridine rings is 1. The van der Waals surface area contributed by atoms with Crippen molar-refractivity contribution in [3.8, 4) is 17.1 Å². The minimum absolute atomic E-state index is 0.621. The van der Waals surface area contributed by atoms with Gasteiger partial charge in [0, 0.05) is 24.4 Å². The number of rotatable bonds is 10. The molecule has 0 saturated heterocycles. The molecule has 0 radical (unpaired) electrons. The molecule has 0 aliphatic heterocycles. The molecular formula is C25H27N5O. The van der Waals surface area contributed by atoms with Crippen LogP contribution in [0.25, 0.3) is 11.3 Å². The number of hydrogen-bond donors (Lipinski definition) is 1. The Morgan fingerprint density at radius 2 is 1.81 bits per heavy atom. The summed E-state index contributed by atoms with van der Waals surface area (Å²) in [5, 5.41) is 13.0. The van der Waals surface area contributed by atoms with Crippen molar-refractivity contribution in [3.63, 3.8) is 0 Å². The summed E-state index contributed by atoms with van der Waals surface area (Å²) in [5.74, 6) is 0.660. The van der Waals surface area contributed by atoms with Crippen molar-refractivity contribution >= 4 is 0 Å². The lowest BCUT2D eigenvalue weighted by molar-refractivity contribution is 0.296. The second-order valence-corrected chi connectivity index (χ2v) is 7.43. The van der Waals surface area contributed by atoms with Crippen molar-refractivity contribution in [1.29, 1.82) is 0 Å². The molecule has 31 heavy (non-hydrogen) atoms. The third kappa shape index (κ3) is 5.99. The fraction of sp³-hybridized carbons (Fsp3) is 0.240. The van der Waals surface area contributed by atoms with E-state index in [9.17, 15) is 0 Å². The van der Waals surface area contributed by atoms with E-state index in [1.54, 1.807) is 11.0 Å². The van der Waals surface area contributed by atoms with Gasteiger partial charge in [0.15, 0.2) is 0 Å². The van der Waals surface area contributed by atoms with Crippen molar-refractivity contribution < 1.29 is 4.74 Å². The molecule has 6 heteroatoms. The molecule has 0 aliphatic rings. The zero-order valence-electron chi connectivity index (χ0n) is 17.7. The van der Waals surface area contributed by atoms with Crippen molar-refractivity contribution in [2.24, 2.45) is 0 Å². The van der Waals surface area contributed by atoms with Crippen LogP contribution in [0.2, 0.25) is 0 Å². The highest BCUT2D eigenvalue weighted by atomic mass is 16.5. The summed E-state index contributed by atoms with van der Waals surface area (Å²) in [6, 6.07) is 24.3. The average Bonchev–Trinajstić information content (AvgIpc) is 3.20. The van der Waals surface area contributed by atoms with Gasteiger partial charge in [0.1, 0.15) is 11.4 Å². The van der Waals surface area contributed by atoms with E-state index in [1.165, 1.54) is 11.1 Å². The lowest BCUT2D eigenvalue weighted by atomic mass is 10.1. The van der Waals surface area contributed by atoms with Crippen LogP contribution < -0.4 is 10.1 Å². The fourth-order valence-electron chi connectivity index (χ4n) is 3.38. The summed E-state index contributed by atoms with van der Waals surface area (Å²) in [7, 11) is 0. The number of nitrogens with one attached hydrogen (secondary N) is 1. The molecular weight excluding hydrogens is 386 g/mol. The molecule has 0 spiro atoms. The van der Waals surface area contributed by atoms with Gasteiger partial charge in [0.05, 0.1) is 13.2 Å². The highest BCUT2D eigenvalue weighted by Crippen LogP contribution is 2.20. The monoisotopic (exact) mass is 413 g/mol. The third-order valence-corrected chi connectivity index (χ3v) is 4.86. The van der Waals surface area contributed by atoms with Gasteiger partial charge in [-0.25, -0.2) is 4.98 Å². The molecule has 0 aliphatic carbocycles. The highest BCUT2D eigenvalue weighted by Gasteiger charge is 2.13. The maximum Gasteiger partial charge on any atom is 0.213 e. The van der Waals surface area contributed by atoms with Gasteiger partial charge in [-0.2, -0.15) is 15.0 Å². The largest absolute Gasteiger partial charge is 0.478 e. The Labute approximate surface area is 182 Å². The van der Waals surface area contributed by atoms with Gasteiger partial charge < -0.3 is 10.1 Å². The standard InChI is InChI=1S/C25H27N5O/c1-20-9-7-10-21(17-20)19-30-28-23(25(29-30)22-11-3-2-4-12-22)18-26-14-8-16-31-24-13-5-6-15-27-24/h2-7,9-13,15,17,26H,8,14,16,18-19H2,1H3. The van der Waals surface area contributed by atoms with Gasteiger partial charge in [0.2, 0.25) is 5.88 Å². The number of aryl methyl sites for hydroxylation is 1. The van der Waals surface area contributed by atoms with Crippen LogP contribution in [-0.4, -0.2) is 33.1 Å². The van der Waals surface area contributed by atoms with Crippen LogP contribution >= 0.6 is 0 Å². The second-order valence-electron chi connectivity index (χ2n) is 7.43. The third-order valence-electron chi connectivity index (χ3n) is 4.86. The van der Waals surface area contributed by atoms with Gasteiger partial charge in [0.25, 0.3) is 0 Å². The summed E-state index contributed by atoms with van der Waals surface area (Å²) >= 11 is 0. The predicted octanol–water partition coefficient (Wildman–Crippen LogP) is 4.26. The molecule has 0 fully saturated rings. The summed E-state index contributed by atoms with van der Waals surface area (Å²) in [5.41, 5.74) is 5.38. The van der Waals surface area contributed by atoms with E-state index in [0.717, 1.165) is 29.9 Å². The summed E-state index contributed by atoms with van der Waals surface area (Å²) in [6.07, 6.45) is 2.62. The van der Waals surface area contributed by atoms with Crippen LogP contribution in [-0.2, 0) is 13.1 Å². The van der Waals surface area contributed by atoms with Crippen molar-refractivity contribution in [2.45, 2.75) is 26.4 Å². The molecule has 4 aromatic rings. The van der Waals surface area contributed by atoms with E-state index in [2.05, 4.69) is 53.6 Å². The van der Waals surface area contributed by atoms with Gasteiger partial charge in [-0.1, -0.05) is 66.2 Å². The molecule has 0 bridgehead atoms. The molecule has 2 heterocycles. The molecule has 4 rings (SSSR count). The zero-order chi connectivity index (χ0) is 21.3. The lowest BCUT2D eigenvalue weighted by Crippen LogP contribution is -2.18. The van der Waals surface area contributed by atoms with Gasteiger partial charge in [-0.15, -0.1) is 0 Å². The van der Waals surface area contributed by atoms with Crippen LogP contribution in [0.5, 0.6) is 5.88 Å². The van der Waals surface area contributed by atoms with Gasteiger partial charge >= 0.3 is 0 Å². The van der Waals surface area contributed by atoms with Crippen LogP contribution in [0.3, 0.4) is 0 Å². The molecule has 0 saturated carbocycles. The molecule has 2 aromatic heterocycles. The Morgan fingerprint density at radius 3 is 2.61 bits per heavy atom. The molecule has 0 unspecified atom stereocenters. The second kappa shape index (κ2) is 10.5. The summed E-state index contributed by atoms with van der Waals surface area (Å²) < 4.78 is 5.65. The first-order valence-electron chi connectivity index (χ1n) is 10.6. The Hall–Kier alpha value is -3.51. The smallest absolute Gasteiger partial charge is 0.213 e. The van der Waals surface area contributed by atoms with E-state index < -0.39 is 0 Å². The number of nitrogens with zero attached hydrogens (tertiary/aromatic N) is 4. The molecule has 158 valence electrons. The van der Waals surface area contributed by atoms with Gasteiger partial charge in [-0.3, -0.25) is 0 Å². The zero-order valence-corrected chi connectivity index (χ0v) is 17.7. The first-order valence-corrected chi connectivity index (χ1v) is 10.6. The SMILES string of the molecule is Cc1cccc(Cn2nc(CNCCCOc3ccccn3)c(-c3ccccc3)n2)c1. The van der Waals surface area contributed by atoms with Crippen molar-refractivity contribution in [3.05, 3.63) is 95.8 Å². The molecule has 1 N–H and O–H groups in total. The molecule has 0 amide bonds. The highest BCUT2D eigenvalue weighted by molar-refractivity contribution is 5.60. The van der Waals surface area contributed by atoms with Crippen molar-refractivity contribution in [1.82, 2.24) is 25.3 Å². The average molecular weight is 414 g/mol. The predicted molar refractivity (Wildman–Crippen MR) is 122 cm³/mol. The minimum atomic E-state index is 0.621. The number of aromatic nitrogens is 4. The van der Waals surface area contributed by atoms with Crippen LogP contribution in [0.1, 0.15) is 23.2 Å². The van der Waals surface area contributed by atoms with E-state index in [0.29, 0.717) is 25.6 Å². The minimum Gasteiger partial charge on any atom is -0.478 e.